The van der Waals surface area contributed by atoms with E-state index in [-0.39, 0.29) is 0 Å². The molecule has 1 atom stereocenters. The molecule has 0 aromatic carbocycles. The highest BCUT2D eigenvalue weighted by Crippen LogP contribution is 2.22. The molecule has 1 aliphatic heterocycles. The summed E-state index contributed by atoms with van der Waals surface area (Å²) in [5.41, 5.74) is 1.05. The number of rotatable bonds is 9. The molecule has 0 radical (unpaired) electrons. The lowest BCUT2D eigenvalue weighted by atomic mass is 9.97. The molecule has 0 spiro atoms. The van der Waals surface area contributed by atoms with Gasteiger partial charge in [-0.1, -0.05) is 19.0 Å². The average Bonchev–Trinajstić information content (AvgIpc) is 3.14. The normalized spacial score (nSPS) is 19.1. The van der Waals surface area contributed by atoms with Gasteiger partial charge in [0.05, 0.1) is 5.69 Å². The van der Waals surface area contributed by atoms with Crippen molar-refractivity contribution in [3.8, 4) is 0 Å². The molecule has 154 valence electrons. The summed E-state index contributed by atoms with van der Waals surface area (Å²) in [6.45, 7) is 15.8. The van der Waals surface area contributed by atoms with Gasteiger partial charge in [-0.05, 0) is 58.9 Å². The zero-order chi connectivity index (χ0) is 19.6. The molecule has 6 heteroatoms. The van der Waals surface area contributed by atoms with E-state index in [1.165, 1.54) is 25.9 Å². The van der Waals surface area contributed by atoms with E-state index in [4.69, 9.17) is 9.52 Å². The average molecular weight is 378 g/mol. The Morgan fingerprint density at radius 3 is 2.74 bits per heavy atom. The molecule has 2 N–H and O–H groups in total. The van der Waals surface area contributed by atoms with E-state index < -0.39 is 0 Å². The Morgan fingerprint density at radius 2 is 2.07 bits per heavy atom. The van der Waals surface area contributed by atoms with Crippen LogP contribution >= 0.6 is 0 Å². The van der Waals surface area contributed by atoms with Gasteiger partial charge in [-0.3, -0.25) is 0 Å². The zero-order valence-electron chi connectivity index (χ0n) is 17.9. The number of guanidine groups is 1. The number of piperidine rings is 1. The SMILES string of the molecule is CCNC(=NCc1cc(C(CC)CC)no1)NCC1CCCN(C(C)C)C1. The first kappa shape index (κ1) is 21.7. The molecule has 0 saturated carbocycles. The van der Waals surface area contributed by atoms with Gasteiger partial charge in [-0.25, -0.2) is 4.99 Å². The Labute approximate surface area is 165 Å². The van der Waals surface area contributed by atoms with Crippen molar-refractivity contribution in [3.63, 3.8) is 0 Å². The monoisotopic (exact) mass is 377 g/mol. The van der Waals surface area contributed by atoms with E-state index in [1.54, 1.807) is 0 Å². The van der Waals surface area contributed by atoms with Crippen LogP contribution in [0.25, 0.3) is 0 Å². The molecule has 6 nitrogen and oxygen atoms in total. The van der Waals surface area contributed by atoms with Gasteiger partial charge in [0.1, 0.15) is 6.54 Å². The lowest BCUT2D eigenvalue weighted by Crippen LogP contribution is -2.46. The topological polar surface area (TPSA) is 65.7 Å². The fourth-order valence-electron chi connectivity index (χ4n) is 3.78. The number of aliphatic imine (C=N–C) groups is 1. The molecule has 1 unspecified atom stereocenters. The zero-order valence-corrected chi connectivity index (χ0v) is 17.9. The highest BCUT2D eigenvalue weighted by atomic mass is 16.5. The summed E-state index contributed by atoms with van der Waals surface area (Å²) >= 11 is 0. The Balaban J connectivity index is 1.88. The highest BCUT2D eigenvalue weighted by Gasteiger charge is 2.21. The Kier molecular flexibility index (Phi) is 9.11. The van der Waals surface area contributed by atoms with Crippen LogP contribution in [0.15, 0.2) is 15.6 Å². The van der Waals surface area contributed by atoms with Gasteiger partial charge in [0.2, 0.25) is 0 Å². The van der Waals surface area contributed by atoms with Crippen molar-refractivity contribution in [1.82, 2.24) is 20.7 Å². The molecular formula is C21H39N5O. The van der Waals surface area contributed by atoms with E-state index in [9.17, 15) is 0 Å². The van der Waals surface area contributed by atoms with Gasteiger partial charge >= 0.3 is 0 Å². The smallest absolute Gasteiger partial charge is 0.191 e. The molecule has 0 aliphatic carbocycles. The summed E-state index contributed by atoms with van der Waals surface area (Å²) in [6, 6.07) is 2.69. The van der Waals surface area contributed by atoms with Crippen LogP contribution in [0.2, 0.25) is 0 Å². The van der Waals surface area contributed by atoms with Crippen LogP contribution in [0.5, 0.6) is 0 Å². The molecule has 0 bridgehead atoms. The first-order valence-corrected chi connectivity index (χ1v) is 10.8. The summed E-state index contributed by atoms with van der Waals surface area (Å²) in [5.74, 6) is 2.85. The van der Waals surface area contributed by atoms with Crippen molar-refractivity contribution in [2.45, 2.75) is 78.8 Å². The molecule has 0 amide bonds. The summed E-state index contributed by atoms with van der Waals surface area (Å²) < 4.78 is 5.49. The summed E-state index contributed by atoms with van der Waals surface area (Å²) in [4.78, 5) is 7.27. The minimum atomic E-state index is 0.480. The van der Waals surface area contributed by atoms with Crippen molar-refractivity contribution in [1.29, 1.82) is 0 Å². The molecule has 1 fully saturated rings. The van der Waals surface area contributed by atoms with Crippen LogP contribution in [0.1, 0.15) is 77.7 Å². The Bertz CT molecular complexity index is 565. The third kappa shape index (κ3) is 6.83. The third-order valence-corrected chi connectivity index (χ3v) is 5.56. The number of hydrogen-bond acceptors (Lipinski definition) is 4. The van der Waals surface area contributed by atoms with E-state index in [1.807, 2.05) is 0 Å². The molecule has 27 heavy (non-hydrogen) atoms. The van der Waals surface area contributed by atoms with E-state index >= 15 is 0 Å². The largest absolute Gasteiger partial charge is 0.359 e. The first-order chi connectivity index (χ1) is 13.1. The molecule has 2 rings (SSSR count). The van der Waals surface area contributed by atoms with Crippen molar-refractivity contribution in [3.05, 3.63) is 17.5 Å². The maximum atomic E-state index is 5.49. The quantitative estimate of drug-likeness (QED) is 0.507. The van der Waals surface area contributed by atoms with Gasteiger partial charge in [0, 0.05) is 37.7 Å². The van der Waals surface area contributed by atoms with Gasteiger partial charge in [-0.15, -0.1) is 0 Å². The van der Waals surface area contributed by atoms with Gasteiger partial charge in [-0.2, -0.15) is 0 Å². The van der Waals surface area contributed by atoms with Crippen LogP contribution < -0.4 is 10.6 Å². The van der Waals surface area contributed by atoms with E-state index in [2.05, 4.69) is 61.4 Å². The van der Waals surface area contributed by atoms with Crippen LogP contribution in [-0.4, -0.2) is 48.2 Å². The van der Waals surface area contributed by atoms with Crippen molar-refractivity contribution < 1.29 is 4.52 Å². The van der Waals surface area contributed by atoms with Crippen LogP contribution in [0.3, 0.4) is 0 Å². The molecule has 1 aromatic rings. The van der Waals surface area contributed by atoms with E-state index in [0.717, 1.165) is 43.3 Å². The second kappa shape index (κ2) is 11.3. The molecule has 1 aliphatic rings. The molecule has 1 saturated heterocycles. The van der Waals surface area contributed by atoms with Crippen LogP contribution in [0.4, 0.5) is 0 Å². The summed E-state index contributed by atoms with van der Waals surface area (Å²) in [5, 5.41) is 11.1. The third-order valence-electron chi connectivity index (χ3n) is 5.56. The van der Waals surface area contributed by atoms with Crippen molar-refractivity contribution in [2.75, 3.05) is 26.2 Å². The molecule has 1 aromatic heterocycles. The summed E-state index contributed by atoms with van der Waals surface area (Å²) in [7, 11) is 0. The minimum Gasteiger partial charge on any atom is -0.359 e. The highest BCUT2D eigenvalue weighted by molar-refractivity contribution is 5.79. The van der Waals surface area contributed by atoms with E-state index in [0.29, 0.717) is 24.4 Å². The maximum Gasteiger partial charge on any atom is 0.191 e. The van der Waals surface area contributed by atoms with Crippen LogP contribution in [-0.2, 0) is 6.54 Å². The second-order valence-corrected chi connectivity index (χ2v) is 7.90. The second-order valence-electron chi connectivity index (χ2n) is 7.90. The predicted molar refractivity (Wildman–Crippen MR) is 112 cm³/mol. The van der Waals surface area contributed by atoms with Gasteiger partial charge in [0.25, 0.3) is 0 Å². The Hall–Kier alpha value is -1.56. The number of aromatic nitrogens is 1. The lowest BCUT2D eigenvalue weighted by molar-refractivity contribution is 0.141. The Morgan fingerprint density at radius 1 is 1.30 bits per heavy atom. The fraction of sp³-hybridized carbons (Fsp3) is 0.810. The summed E-state index contributed by atoms with van der Waals surface area (Å²) in [6.07, 6.45) is 4.75. The number of nitrogens with one attached hydrogen (secondary N) is 2. The van der Waals surface area contributed by atoms with Crippen molar-refractivity contribution >= 4 is 5.96 Å². The maximum absolute atomic E-state index is 5.49. The molecule has 2 heterocycles. The van der Waals surface area contributed by atoms with Gasteiger partial charge < -0.3 is 20.1 Å². The molecular weight excluding hydrogens is 338 g/mol. The number of hydrogen-bond donors (Lipinski definition) is 2. The minimum absolute atomic E-state index is 0.480. The number of likely N-dealkylation sites (tertiary alicyclic amines) is 1. The van der Waals surface area contributed by atoms with Gasteiger partial charge in [0.15, 0.2) is 11.7 Å². The standard InChI is InChI=1S/C21H39N5O/c1-6-18(7-2)20-12-19(27-25-20)14-24-21(22-8-3)23-13-17-10-9-11-26(15-17)16(4)5/h12,16-18H,6-11,13-15H2,1-5H3,(H2,22,23,24). The lowest BCUT2D eigenvalue weighted by Gasteiger charge is -2.35. The first-order valence-electron chi connectivity index (χ1n) is 10.8. The fourth-order valence-corrected chi connectivity index (χ4v) is 3.78. The number of nitrogens with zero attached hydrogens (tertiary/aromatic N) is 3. The van der Waals surface area contributed by atoms with Crippen molar-refractivity contribution in [2.24, 2.45) is 10.9 Å². The van der Waals surface area contributed by atoms with Crippen LogP contribution in [0, 0.1) is 5.92 Å². The predicted octanol–water partition coefficient (Wildman–Crippen LogP) is 3.75.